The van der Waals surface area contributed by atoms with Gasteiger partial charge in [-0.1, -0.05) is 35.5 Å². The highest BCUT2D eigenvalue weighted by atomic mass is 16.5. The Morgan fingerprint density at radius 2 is 1.74 bits per heavy atom. The summed E-state index contributed by atoms with van der Waals surface area (Å²) in [6, 6.07) is 16.6. The van der Waals surface area contributed by atoms with Crippen LogP contribution in [-0.4, -0.2) is 24.3 Å². The van der Waals surface area contributed by atoms with Crippen molar-refractivity contribution in [3.05, 3.63) is 65.9 Å². The van der Waals surface area contributed by atoms with Crippen LogP contribution >= 0.6 is 0 Å². The molecular weight excluding hydrogens is 344 g/mol. The molecule has 27 heavy (non-hydrogen) atoms. The van der Waals surface area contributed by atoms with Gasteiger partial charge in [-0.3, -0.25) is 4.79 Å². The third-order valence-electron chi connectivity index (χ3n) is 3.85. The summed E-state index contributed by atoms with van der Waals surface area (Å²) in [7, 11) is 0. The summed E-state index contributed by atoms with van der Waals surface area (Å²) >= 11 is 0. The van der Waals surface area contributed by atoms with Gasteiger partial charge in [-0.25, -0.2) is 0 Å². The van der Waals surface area contributed by atoms with Crippen molar-refractivity contribution >= 4 is 5.91 Å². The molecule has 0 radical (unpaired) electrons. The Kier molecular flexibility index (Phi) is 6.10. The van der Waals surface area contributed by atoms with Crippen molar-refractivity contribution < 1.29 is 18.8 Å². The average Bonchev–Trinajstić information content (AvgIpc) is 3.17. The molecule has 1 N–H and O–H groups in total. The van der Waals surface area contributed by atoms with Crippen LogP contribution < -0.4 is 14.8 Å². The highest BCUT2D eigenvalue weighted by molar-refractivity contribution is 5.94. The molecule has 0 bridgehead atoms. The van der Waals surface area contributed by atoms with E-state index in [2.05, 4.69) is 10.5 Å². The first-order valence-electron chi connectivity index (χ1n) is 8.90. The molecule has 1 amide bonds. The first-order chi connectivity index (χ1) is 13.2. The van der Waals surface area contributed by atoms with E-state index >= 15 is 0 Å². The van der Waals surface area contributed by atoms with Crippen molar-refractivity contribution in [1.82, 2.24) is 10.5 Å². The van der Waals surface area contributed by atoms with Gasteiger partial charge >= 0.3 is 0 Å². The minimum absolute atomic E-state index is 0.219. The lowest BCUT2D eigenvalue weighted by Gasteiger charge is -2.12. The van der Waals surface area contributed by atoms with E-state index in [1.54, 1.807) is 18.2 Å². The minimum atomic E-state index is -0.219. The Morgan fingerprint density at radius 3 is 2.48 bits per heavy atom. The Morgan fingerprint density at radius 1 is 1.00 bits per heavy atom. The van der Waals surface area contributed by atoms with Crippen LogP contribution in [0.15, 0.2) is 59.1 Å². The number of carbonyl (C=O) groups is 1. The van der Waals surface area contributed by atoms with E-state index in [1.165, 1.54) is 0 Å². The van der Waals surface area contributed by atoms with Crippen LogP contribution in [0.5, 0.6) is 11.5 Å². The van der Waals surface area contributed by atoms with Crippen LogP contribution in [0.3, 0.4) is 0 Å². The second kappa shape index (κ2) is 8.89. The van der Waals surface area contributed by atoms with Crippen LogP contribution in [-0.2, 0) is 6.54 Å². The monoisotopic (exact) mass is 366 g/mol. The quantitative estimate of drug-likeness (QED) is 0.650. The summed E-state index contributed by atoms with van der Waals surface area (Å²) in [5.74, 6) is 1.63. The maximum Gasteiger partial charge on any atom is 0.251 e. The highest BCUT2D eigenvalue weighted by Gasteiger charge is 2.13. The average molecular weight is 366 g/mol. The Hall–Kier alpha value is -3.28. The molecule has 0 saturated carbocycles. The topological polar surface area (TPSA) is 73.6 Å². The third kappa shape index (κ3) is 4.67. The fourth-order valence-corrected chi connectivity index (χ4v) is 2.60. The van der Waals surface area contributed by atoms with Gasteiger partial charge in [-0.2, -0.15) is 0 Å². The van der Waals surface area contributed by atoms with Crippen LogP contribution in [0.2, 0.25) is 0 Å². The number of nitrogens with zero attached hydrogens (tertiary/aromatic N) is 1. The zero-order chi connectivity index (χ0) is 19.1. The summed E-state index contributed by atoms with van der Waals surface area (Å²) in [6.45, 7) is 5.08. The van der Waals surface area contributed by atoms with Gasteiger partial charge in [0.05, 0.1) is 19.8 Å². The molecule has 0 saturated heterocycles. The Labute approximate surface area is 158 Å². The molecule has 1 aromatic heterocycles. The number of aromatic nitrogens is 1. The molecule has 6 nitrogen and oxygen atoms in total. The predicted octanol–water partition coefficient (Wildman–Crippen LogP) is 4.07. The number of benzene rings is 2. The van der Waals surface area contributed by atoms with Gasteiger partial charge in [0.25, 0.3) is 5.91 Å². The van der Waals surface area contributed by atoms with Gasteiger partial charge in [0.2, 0.25) is 0 Å². The standard InChI is InChI=1S/C21H22N2O4/c1-3-25-18-11-10-16(12-20(18)26-4-2)21(24)22-14-17-13-19(27-23-17)15-8-6-5-7-9-15/h5-13H,3-4,14H2,1-2H3,(H,22,24). The van der Waals surface area contributed by atoms with Crippen LogP contribution in [0.4, 0.5) is 0 Å². The number of ether oxygens (including phenoxy) is 2. The van der Waals surface area contributed by atoms with E-state index in [0.717, 1.165) is 5.56 Å². The predicted molar refractivity (Wildman–Crippen MR) is 102 cm³/mol. The van der Waals surface area contributed by atoms with Gasteiger partial charge in [-0.15, -0.1) is 0 Å². The number of hydrogen-bond donors (Lipinski definition) is 1. The van der Waals surface area contributed by atoms with Crippen LogP contribution in [0, 0.1) is 0 Å². The van der Waals surface area contributed by atoms with E-state index in [4.69, 9.17) is 14.0 Å². The van der Waals surface area contributed by atoms with Crippen molar-refractivity contribution in [1.29, 1.82) is 0 Å². The van der Waals surface area contributed by atoms with E-state index in [0.29, 0.717) is 41.7 Å². The second-order valence-corrected chi connectivity index (χ2v) is 5.76. The van der Waals surface area contributed by atoms with Crippen molar-refractivity contribution in [2.45, 2.75) is 20.4 Å². The van der Waals surface area contributed by atoms with Gasteiger partial charge in [0.1, 0.15) is 5.69 Å². The fraction of sp³-hybridized carbons (Fsp3) is 0.238. The molecule has 6 heteroatoms. The van der Waals surface area contributed by atoms with E-state index < -0.39 is 0 Å². The maximum absolute atomic E-state index is 12.5. The highest BCUT2D eigenvalue weighted by Crippen LogP contribution is 2.28. The lowest BCUT2D eigenvalue weighted by molar-refractivity contribution is 0.0949. The number of amides is 1. The number of hydrogen-bond acceptors (Lipinski definition) is 5. The summed E-state index contributed by atoms with van der Waals surface area (Å²) in [6.07, 6.45) is 0. The van der Waals surface area contributed by atoms with E-state index in [1.807, 2.05) is 50.2 Å². The molecule has 0 fully saturated rings. The Bertz CT molecular complexity index is 890. The molecule has 1 heterocycles. The normalized spacial score (nSPS) is 10.4. The van der Waals surface area contributed by atoms with Crippen molar-refractivity contribution in [2.24, 2.45) is 0 Å². The lowest BCUT2D eigenvalue weighted by Crippen LogP contribution is -2.23. The fourth-order valence-electron chi connectivity index (χ4n) is 2.60. The molecular formula is C21H22N2O4. The smallest absolute Gasteiger partial charge is 0.251 e. The Balaban J connectivity index is 1.66. The number of carbonyl (C=O) groups excluding carboxylic acids is 1. The maximum atomic E-state index is 12.5. The zero-order valence-electron chi connectivity index (χ0n) is 15.4. The molecule has 0 atom stereocenters. The summed E-state index contributed by atoms with van der Waals surface area (Å²) < 4.78 is 16.4. The molecule has 2 aromatic carbocycles. The minimum Gasteiger partial charge on any atom is -0.490 e. The van der Waals surface area contributed by atoms with Gasteiger partial charge < -0.3 is 19.3 Å². The molecule has 0 unspecified atom stereocenters. The van der Waals surface area contributed by atoms with Crippen molar-refractivity contribution in [3.8, 4) is 22.8 Å². The summed E-state index contributed by atoms with van der Waals surface area (Å²) in [4.78, 5) is 12.5. The number of rotatable bonds is 8. The molecule has 0 aliphatic rings. The van der Waals surface area contributed by atoms with Gasteiger partial charge in [0.15, 0.2) is 17.3 Å². The van der Waals surface area contributed by atoms with Crippen LogP contribution in [0.1, 0.15) is 29.9 Å². The van der Waals surface area contributed by atoms with Crippen LogP contribution in [0.25, 0.3) is 11.3 Å². The third-order valence-corrected chi connectivity index (χ3v) is 3.85. The molecule has 0 spiro atoms. The molecule has 140 valence electrons. The van der Waals surface area contributed by atoms with E-state index in [9.17, 15) is 4.79 Å². The molecule has 3 aromatic rings. The summed E-state index contributed by atoms with van der Waals surface area (Å²) in [5.41, 5.74) is 2.09. The van der Waals surface area contributed by atoms with Crippen molar-refractivity contribution in [2.75, 3.05) is 13.2 Å². The first-order valence-corrected chi connectivity index (χ1v) is 8.90. The van der Waals surface area contributed by atoms with E-state index in [-0.39, 0.29) is 12.5 Å². The largest absolute Gasteiger partial charge is 0.490 e. The molecule has 0 aliphatic carbocycles. The zero-order valence-corrected chi connectivity index (χ0v) is 15.4. The lowest BCUT2D eigenvalue weighted by atomic mass is 10.1. The first kappa shape index (κ1) is 18.5. The van der Waals surface area contributed by atoms with Gasteiger partial charge in [-0.05, 0) is 32.0 Å². The van der Waals surface area contributed by atoms with Crippen molar-refractivity contribution in [3.63, 3.8) is 0 Å². The SMILES string of the molecule is CCOc1ccc(C(=O)NCc2cc(-c3ccccc3)on2)cc1OCC. The second-order valence-electron chi connectivity index (χ2n) is 5.76. The summed E-state index contributed by atoms with van der Waals surface area (Å²) in [5, 5.41) is 6.85. The van der Waals surface area contributed by atoms with Gasteiger partial charge in [0, 0.05) is 17.2 Å². The molecule has 0 aliphatic heterocycles. The molecule has 3 rings (SSSR count). The number of nitrogens with one attached hydrogen (secondary N) is 1.